The largest absolute Gasteiger partial charge is 0.310 e. The zero-order valence-electron chi connectivity index (χ0n) is 20.4. The number of hydrogen-bond acceptors (Lipinski definition) is 1. The van der Waals surface area contributed by atoms with E-state index in [0.717, 1.165) is 17.1 Å². The lowest BCUT2D eigenvalue weighted by atomic mass is 9.92. The molecule has 1 heteroatoms. The molecule has 0 atom stereocenters. The zero-order chi connectivity index (χ0) is 24.6. The fourth-order valence-corrected chi connectivity index (χ4v) is 5.44. The van der Waals surface area contributed by atoms with E-state index in [0.29, 0.717) is 0 Å². The summed E-state index contributed by atoms with van der Waals surface area (Å²) in [6.45, 7) is 0. The summed E-state index contributed by atoms with van der Waals surface area (Å²) in [5, 5.41) is 7.61. The molecule has 0 heterocycles. The summed E-state index contributed by atoms with van der Waals surface area (Å²) >= 11 is 0. The quantitative estimate of drug-likeness (QED) is 0.231. The van der Waals surface area contributed by atoms with Crippen LogP contribution in [0.3, 0.4) is 0 Å². The van der Waals surface area contributed by atoms with Gasteiger partial charge in [0.25, 0.3) is 0 Å². The summed E-state index contributed by atoms with van der Waals surface area (Å²) < 4.78 is 0. The Morgan fingerprint density at radius 2 is 0.919 bits per heavy atom. The van der Waals surface area contributed by atoms with E-state index in [4.69, 9.17) is 0 Å². The molecule has 0 bridgehead atoms. The van der Waals surface area contributed by atoms with E-state index in [1.165, 1.54) is 43.4 Å². The molecular weight excluding hydrogens is 446 g/mol. The van der Waals surface area contributed by atoms with Crippen molar-refractivity contribution in [3.05, 3.63) is 152 Å². The van der Waals surface area contributed by atoms with E-state index in [9.17, 15) is 0 Å². The standard InChI is InChI=1S/C36H25N/c1-3-12-30(13-4-1)37(31-14-5-2-6-15-31)32-22-21-26-19-20-28(23-29(26)24-32)36-25-27-11-7-8-16-33(27)34-17-9-10-18-35(34)36/h1-25H. The monoisotopic (exact) mass is 471 g/mol. The second-order valence-corrected chi connectivity index (χ2v) is 9.44. The van der Waals surface area contributed by atoms with E-state index in [-0.39, 0.29) is 0 Å². The van der Waals surface area contributed by atoms with Crippen LogP contribution in [0.2, 0.25) is 0 Å². The Morgan fingerprint density at radius 1 is 0.324 bits per heavy atom. The average molecular weight is 472 g/mol. The van der Waals surface area contributed by atoms with Gasteiger partial charge in [-0.15, -0.1) is 0 Å². The van der Waals surface area contributed by atoms with Crippen LogP contribution in [0.4, 0.5) is 17.1 Å². The maximum atomic E-state index is 2.34. The summed E-state index contributed by atoms with van der Waals surface area (Å²) in [4.78, 5) is 2.32. The maximum absolute atomic E-state index is 2.34. The Bertz CT molecular complexity index is 1830. The topological polar surface area (TPSA) is 3.24 Å². The minimum Gasteiger partial charge on any atom is -0.310 e. The number of hydrogen-bond donors (Lipinski definition) is 0. The van der Waals surface area contributed by atoms with Crippen LogP contribution in [0.5, 0.6) is 0 Å². The highest BCUT2D eigenvalue weighted by atomic mass is 15.1. The SMILES string of the molecule is c1ccc(N(c2ccccc2)c2ccc3ccc(-c4cc5ccccc5c5ccccc45)cc3c2)cc1. The molecule has 0 aromatic heterocycles. The number of rotatable bonds is 4. The highest BCUT2D eigenvalue weighted by molar-refractivity contribution is 6.14. The van der Waals surface area contributed by atoms with Crippen LogP contribution in [0, 0.1) is 0 Å². The number of benzene rings is 7. The summed E-state index contributed by atoms with van der Waals surface area (Å²) in [5.74, 6) is 0. The normalized spacial score (nSPS) is 11.2. The molecule has 7 aromatic carbocycles. The van der Waals surface area contributed by atoms with Crippen LogP contribution in [-0.2, 0) is 0 Å². The highest BCUT2D eigenvalue weighted by Crippen LogP contribution is 2.39. The molecule has 7 rings (SSSR count). The summed E-state index contributed by atoms with van der Waals surface area (Å²) in [7, 11) is 0. The molecule has 0 saturated carbocycles. The molecule has 0 aliphatic rings. The molecule has 0 fully saturated rings. The van der Waals surface area contributed by atoms with Crippen LogP contribution in [0.15, 0.2) is 152 Å². The Kier molecular flexibility index (Phi) is 5.19. The van der Waals surface area contributed by atoms with Gasteiger partial charge in [-0.1, -0.05) is 103 Å². The molecule has 0 unspecified atom stereocenters. The molecule has 0 N–H and O–H groups in total. The summed E-state index contributed by atoms with van der Waals surface area (Å²) in [6.07, 6.45) is 0. The van der Waals surface area contributed by atoms with E-state index in [1.807, 2.05) is 0 Å². The second-order valence-electron chi connectivity index (χ2n) is 9.44. The average Bonchev–Trinajstić information content (AvgIpc) is 2.98. The van der Waals surface area contributed by atoms with Crippen molar-refractivity contribution in [3.8, 4) is 11.1 Å². The van der Waals surface area contributed by atoms with Gasteiger partial charge in [-0.2, -0.15) is 0 Å². The maximum Gasteiger partial charge on any atom is 0.0468 e. The van der Waals surface area contributed by atoms with Gasteiger partial charge in [-0.3, -0.25) is 0 Å². The molecule has 0 amide bonds. The first-order valence-corrected chi connectivity index (χ1v) is 12.7. The summed E-state index contributed by atoms with van der Waals surface area (Å²) in [5.41, 5.74) is 5.93. The van der Waals surface area contributed by atoms with Gasteiger partial charge in [0.2, 0.25) is 0 Å². The van der Waals surface area contributed by atoms with Crippen LogP contribution in [0.25, 0.3) is 43.4 Å². The lowest BCUT2D eigenvalue weighted by Crippen LogP contribution is -2.09. The van der Waals surface area contributed by atoms with Crippen LogP contribution in [0.1, 0.15) is 0 Å². The van der Waals surface area contributed by atoms with Gasteiger partial charge in [0.15, 0.2) is 0 Å². The van der Waals surface area contributed by atoms with Crippen LogP contribution < -0.4 is 4.90 Å². The van der Waals surface area contributed by atoms with Gasteiger partial charge >= 0.3 is 0 Å². The lowest BCUT2D eigenvalue weighted by Gasteiger charge is -2.25. The molecule has 0 radical (unpaired) electrons. The van der Waals surface area contributed by atoms with Gasteiger partial charge < -0.3 is 4.90 Å². The number of para-hydroxylation sites is 2. The Balaban J connectivity index is 1.42. The third-order valence-corrected chi connectivity index (χ3v) is 7.19. The van der Waals surface area contributed by atoms with Gasteiger partial charge in [0.1, 0.15) is 0 Å². The minimum absolute atomic E-state index is 1.14. The van der Waals surface area contributed by atoms with Crippen molar-refractivity contribution in [1.82, 2.24) is 0 Å². The fraction of sp³-hybridized carbons (Fsp3) is 0. The Hall–Kier alpha value is -4.88. The number of nitrogens with zero attached hydrogens (tertiary/aromatic N) is 1. The van der Waals surface area contributed by atoms with Crippen molar-refractivity contribution in [2.24, 2.45) is 0 Å². The van der Waals surface area contributed by atoms with Gasteiger partial charge in [0.05, 0.1) is 0 Å². The molecule has 1 nitrogen and oxygen atoms in total. The van der Waals surface area contributed by atoms with Crippen molar-refractivity contribution in [3.63, 3.8) is 0 Å². The molecule has 0 aliphatic heterocycles. The molecular formula is C36H25N. The number of anilines is 3. The van der Waals surface area contributed by atoms with Gasteiger partial charge in [-0.25, -0.2) is 0 Å². The van der Waals surface area contributed by atoms with Crippen molar-refractivity contribution in [1.29, 1.82) is 0 Å². The van der Waals surface area contributed by atoms with Gasteiger partial charge in [0, 0.05) is 17.1 Å². The Labute approximate surface area is 216 Å². The smallest absolute Gasteiger partial charge is 0.0468 e. The van der Waals surface area contributed by atoms with Crippen LogP contribution >= 0.6 is 0 Å². The zero-order valence-corrected chi connectivity index (χ0v) is 20.4. The molecule has 7 aromatic rings. The Morgan fingerprint density at radius 3 is 1.65 bits per heavy atom. The molecule has 0 aliphatic carbocycles. The van der Waals surface area contributed by atoms with E-state index < -0.39 is 0 Å². The third kappa shape index (κ3) is 3.82. The summed E-state index contributed by atoms with van der Waals surface area (Å²) in [6, 6.07) is 54.5. The first-order chi connectivity index (χ1) is 18.3. The van der Waals surface area contributed by atoms with Crippen molar-refractivity contribution in [2.75, 3.05) is 4.90 Å². The van der Waals surface area contributed by atoms with Crippen LogP contribution in [-0.4, -0.2) is 0 Å². The van der Waals surface area contributed by atoms with E-state index >= 15 is 0 Å². The second kappa shape index (κ2) is 8.96. The van der Waals surface area contributed by atoms with Crippen molar-refractivity contribution >= 4 is 49.4 Å². The van der Waals surface area contributed by atoms with Crippen molar-refractivity contribution in [2.45, 2.75) is 0 Å². The van der Waals surface area contributed by atoms with E-state index in [1.54, 1.807) is 0 Å². The molecule has 0 spiro atoms. The first kappa shape index (κ1) is 21.4. The molecule has 37 heavy (non-hydrogen) atoms. The molecule has 0 saturated heterocycles. The van der Waals surface area contributed by atoms with Gasteiger partial charge in [-0.05, 0) is 92.0 Å². The number of fused-ring (bicyclic) bond motifs is 4. The lowest BCUT2D eigenvalue weighted by molar-refractivity contribution is 1.29. The molecule has 174 valence electrons. The third-order valence-electron chi connectivity index (χ3n) is 7.19. The predicted molar refractivity (Wildman–Crippen MR) is 159 cm³/mol. The van der Waals surface area contributed by atoms with Crippen molar-refractivity contribution < 1.29 is 0 Å². The highest BCUT2D eigenvalue weighted by Gasteiger charge is 2.13. The predicted octanol–water partition coefficient (Wildman–Crippen LogP) is 10.3. The minimum atomic E-state index is 1.14. The van der Waals surface area contributed by atoms with E-state index in [2.05, 4.69) is 157 Å². The fourth-order valence-electron chi connectivity index (χ4n) is 5.44. The first-order valence-electron chi connectivity index (χ1n) is 12.7.